The molecule has 2 N–H and O–H groups in total. The maximum atomic E-state index is 11.9. The Balaban J connectivity index is 3.94. The number of nitrogens with zero attached hydrogens (tertiary/aromatic N) is 1. The molecule has 0 aliphatic rings. The number of unbranched alkanes of at least 4 members (excludes halogenated alkanes) is 2. The van der Waals surface area contributed by atoms with Gasteiger partial charge in [-0.25, -0.2) is 4.79 Å². The lowest BCUT2D eigenvalue weighted by molar-refractivity contribution is -0.873. The minimum absolute atomic E-state index is 0.177. The summed E-state index contributed by atoms with van der Waals surface area (Å²) in [7, 11) is 5.78. The van der Waals surface area contributed by atoms with Crippen LogP contribution in [0.5, 0.6) is 0 Å². The van der Waals surface area contributed by atoms with Crippen LogP contribution in [0.15, 0.2) is 36.5 Å². The second kappa shape index (κ2) is 14.6. The van der Waals surface area contributed by atoms with Gasteiger partial charge in [-0.2, -0.15) is 0 Å². The number of likely N-dealkylation sites (N-methyl/N-ethyl adjacent to an activating group) is 1. The van der Waals surface area contributed by atoms with Crippen molar-refractivity contribution >= 4 is 17.9 Å². The van der Waals surface area contributed by atoms with E-state index in [2.05, 4.69) is 0 Å². The highest BCUT2D eigenvalue weighted by Gasteiger charge is 2.24. The lowest BCUT2D eigenvalue weighted by atomic mass is 10.1. The normalized spacial score (nSPS) is 13.4. The van der Waals surface area contributed by atoms with Crippen molar-refractivity contribution < 1.29 is 33.8 Å². The van der Waals surface area contributed by atoms with Crippen LogP contribution in [0.4, 0.5) is 0 Å². The summed E-state index contributed by atoms with van der Waals surface area (Å²) in [4.78, 5) is 33.1. The van der Waals surface area contributed by atoms with Crippen LogP contribution in [0.1, 0.15) is 44.9 Å². The van der Waals surface area contributed by atoms with Crippen LogP contribution in [0, 0.1) is 0 Å². The number of carboxylic acids is 2. The number of ether oxygens (including phenoxy) is 1. The predicted molar refractivity (Wildman–Crippen MR) is 108 cm³/mol. The van der Waals surface area contributed by atoms with Crippen LogP contribution in [0.3, 0.4) is 0 Å². The molecule has 0 heterocycles. The van der Waals surface area contributed by atoms with Gasteiger partial charge < -0.3 is 19.4 Å². The highest BCUT2D eigenvalue weighted by atomic mass is 16.5. The van der Waals surface area contributed by atoms with E-state index in [1.807, 2.05) is 45.4 Å². The van der Waals surface area contributed by atoms with Crippen molar-refractivity contribution in [3.05, 3.63) is 36.5 Å². The van der Waals surface area contributed by atoms with Gasteiger partial charge >= 0.3 is 17.9 Å². The molecule has 7 nitrogen and oxygen atoms in total. The van der Waals surface area contributed by atoms with Crippen molar-refractivity contribution in [3.8, 4) is 0 Å². The second-order valence-electron chi connectivity index (χ2n) is 7.58. The number of rotatable bonds is 15. The third kappa shape index (κ3) is 18.4. The summed E-state index contributed by atoms with van der Waals surface area (Å²) in [5.41, 5.74) is 0. The number of carbonyl (C=O) groups excluding carboxylic acids is 1. The molecule has 1 atom stereocenters. The van der Waals surface area contributed by atoms with E-state index >= 15 is 0 Å². The molecule has 0 spiro atoms. The molecule has 0 aromatic heterocycles. The summed E-state index contributed by atoms with van der Waals surface area (Å²) in [5.74, 6) is -2.26. The van der Waals surface area contributed by atoms with Crippen molar-refractivity contribution in [1.29, 1.82) is 0 Å². The number of aliphatic carboxylic acids is 2. The zero-order chi connectivity index (χ0) is 21.4. The molecular formula is C21H34NO6+. The second-order valence-corrected chi connectivity index (χ2v) is 7.58. The van der Waals surface area contributed by atoms with Gasteiger partial charge in [-0.15, -0.1) is 0 Å². The fourth-order valence-corrected chi connectivity index (χ4v) is 2.46. The predicted octanol–water partition coefficient (Wildman–Crippen LogP) is 3.17. The van der Waals surface area contributed by atoms with E-state index in [-0.39, 0.29) is 18.8 Å². The van der Waals surface area contributed by atoms with E-state index in [9.17, 15) is 14.4 Å². The van der Waals surface area contributed by atoms with E-state index < -0.39 is 18.0 Å². The molecule has 0 aliphatic heterocycles. The lowest BCUT2D eigenvalue weighted by Gasteiger charge is -2.28. The number of quaternary nitrogens is 1. The number of hydrogen-bond donors (Lipinski definition) is 2. The van der Waals surface area contributed by atoms with Crippen molar-refractivity contribution in [2.75, 3.05) is 27.7 Å². The van der Waals surface area contributed by atoms with E-state index in [4.69, 9.17) is 14.9 Å². The van der Waals surface area contributed by atoms with E-state index in [1.165, 1.54) is 0 Å². The molecule has 158 valence electrons. The van der Waals surface area contributed by atoms with Crippen LogP contribution in [-0.2, 0) is 19.1 Å². The molecule has 7 heteroatoms. The maximum Gasteiger partial charge on any atom is 0.327 e. The maximum absolute atomic E-state index is 11.9. The number of esters is 1. The minimum Gasteiger partial charge on any atom is -0.481 e. The zero-order valence-electron chi connectivity index (χ0n) is 17.2. The standard InChI is InChI=1S/C21H33NO6/c1-22(2,3)17-18(16-20(25)26)28-21(27)15-13-11-9-7-5-4-6-8-10-12-14-19(23)24/h5-8,12,14,18H,4,9-11,13,15-17H2,1-3H3,(H-,23,24,25,26)/p+1/b7-5+,8-6+,14-12+. The van der Waals surface area contributed by atoms with Crippen molar-refractivity contribution in [1.82, 2.24) is 0 Å². The van der Waals surface area contributed by atoms with Crippen molar-refractivity contribution in [2.24, 2.45) is 0 Å². The Morgan fingerprint density at radius 2 is 1.54 bits per heavy atom. The Kier molecular flexibility index (Phi) is 13.4. The van der Waals surface area contributed by atoms with Gasteiger partial charge in [-0.1, -0.05) is 30.4 Å². The molecule has 0 rings (SSSR count). The molecule has 0 fully saturated rings. The average Bonchev–Trinajstić information content (AvgIpc) is 2.53. The van der Waals surface area contributed by atoms with Crippen LogP contribution >= 0.6 is 0 Å². The van der Waals surface area contributed by atoms with Crippen LogP contribution in [0.25, 0.3) is 0 Å². The lowest BCUT2D eigenvalue weighted by Crippen LogP contribution is -2.43. The zero-order valence-corrected chi connectivity index (χ0v) is 17.2. The molecule has 0 amide bonds. The molecule has 0 aromatic rings. The molecule has 0 aromatic carbocycles. The van der Waals surface area contributed by atoms with Gasteiger partial charge in [0.2, 0.25) is 0 Å². The Labute approximate surface area is 167 Å². The SMILES string of the molecule is C[N+](C)(C)CC(CC(=O)O)OC(=O)CCCC/C=C/C/C=C/C/C=C/C(=O)O. The molecule has 28 heavy (non-hydrogen) atoms. The van der Waals surface area contributed by atoms with Crippen LogP contribution < -0.4 is 0 Å². The Morgan fingerprint density at radius 1 is 0.929 bits per heavy atom. The molecular weight excluding hydrogens is 362 g/mol. The van der Waals surface area contributed by atoms with Gasteiger partial charge in [-0.3, -0.25) is 9.59 Å². The van der Waals surface area contributed by atoms with Gasteiger partial charge in [0.05, 0.1) is 27.6 Å². The fourth-order valence-electron chi connectivity index (χ4n) is 2.46. The summed E-state index contributed by atoms with van der Waals surface area (Å²) in [6.45, 7) is 0.459. The van der Waals surface area contributed by atoms with Gasteiger partial charge in [0.1, 0.15) is 6.54 Å². The van der Waals surface area contributed by atoms with Crippen molar-refractivity contribution in [2.45, 2.75) is 51.0 Å². The molecule has 0 radical (unpaired) electrons. The first-order valence-corrected chi connectivity index (χ1v) is 9.51. The number of carbonyl (C=O) groups is 3. The Morgan fingerprint density at radius 3 is 2.11 bits per heavy atom. The van der Waals surface area contributed by atoms with Gasteiger partial charge in [0.15, 0.2) is 6.10 Å². The summed E-state index contributed by atoms with van der Waals surface area (Å²) < 4.78 is 5.87. The first-order chi connectivity index (χ1) is 13.1. The van der Waals surface area contributed by atoms with E-state index in [0.29, 0.717) is 23.9 Å². The minimum atomic E-state index is -0.969. The van der Waals surface area contributed by atoms with Crippen LogP contribution in [0.2, 0.25) is 0 Å². The summed E-state index contributed by atoms with van der Waals surface area (Å²) in [6.07, 6.45) is 14.0. The summed E-state index contributed by atoms with van der Waals surface area (Å²) in [6, 6.07) is 0. The Hall–Kier alpha value is -2.41. The largest absolute Gasteiger partial charge is 0.481 e. The van der Waals surface area contributed by atoms with E-state index in [0.717, 1.165) is 25.3 Å². The third-order valence-corrected chi connectivity index (χ3v) is 3.59. The van der Waals surface area contributed by atoms with Crippen LogP contribution in [-0.4, -0.2) is 66.4 Å². The smallest absolute Gasteiger partial charge is 0.327 e. The molecule has 0 aliphatic carbocycles. The van der Waals surface area contributed by atoms with Crippen molar-refractivity contribution in [3.63, 3.8) is 0 Å². The van der Waals surface area contributed by atoms with Gasteiger partial charge in [0, 0.05) is 12.5 Å². The first kappa shape index (κ1) is 25.6. The van der Waals surface area contributed by atoms with E-state index in [1.54, 1.807) is 6.08 Å². The number of hydrogen-bond acceptors (Lipinski definition) is 4. The number of carboxylic acid groups (broad SMARTS) is 2. The van der Waals surface area contributed by atoms with Gasteiger partial charge in [-0.05, 0) is 32.1 Å². The molecule has 1 unspecified atom stereocenters. The summed E-state index contributed by atoms with van der Waals surface area (Å²) in [5, 5.41) is 17.4. The highest BCUT2D eigenvalue weighted by molar-refractivity contribution is 5.79. The topological polar surface area (TPSA) is 101 Å². The first-order valence-electron chi connectivity index (χ1n) is 9.51. The molecule has 0 bridgehead atoms. The monoisotopic (exact) mass is 396 g/mol. The average molecular weight is 397 g/mol. The Bertz CT molecular complexity index is 572. The number of allylic oxidation sites excluding steroid dienone is 5. The summed E-state index contributed by atoms with van der Waals surface area (Å²) >= 11 is 0. The molecule has 0 saturated heterocycles. The fraction of sp³-hybridized carbons (Fsp3) is 0.571. The van der Waals surface area contributed by atoms with Gasteiger partial charge in [0.25, 0.3) is 0 Å². The quantitative estimate of drug-likeness (QED) is 0.145. The third-order valence-electron chi connectivity index (χ3n) is 3.59. The highest BCUT2D eigenvalue weighted by Crippen LogP contribution is 2.09. The molecule has 0 saturated carbocycles.